The summed E-state index contributed by atoms with van der Waals surface area (Å²) in [6.45, 7) is 11.1. The van der Waals surface area contributed by atoms with Gasteiger partial charge < -0.3 is 14.6 Å². The van der Waals surface area contributed by atoms with E-state index >= 15 is 0 Å². The maximum Gasteiger partial charge on any atom is 0.162 e. The molecule has 1 aromatic carbocycles. The van der Waals surface area contributed by atoms with Gasteiger partial charge >= 0.3 is 0 Å². The molecule has 3 fully saturated rings. The maximum atomic E-state index is 5.65. The van der Waals surface area contributed by atoms with Gasteiger partial charge in [0.2, 0.25) is 0 Å². The Kier molecular flexibility index (Phi) is 5.50. The Morgan fingerprint density at radius 1 is 1.03 bits per heavy atom. The van der Waals surface area contributed by atoms with Gasteiger partial charge in [0.05, 0.1) is 23.4 Å². The number of benzene rings is 1. The molecule has 0 radical (unpaired) electrons. The molecule has 1 aliphatic carbocycles. The molecule has 5 heterocycles. The Bertz CT molecular complexity index is 1360. The normalized spacial score (nSPS) is 20.3. The van der Waals surface area contributed by atoms with Crippen LogP contribution in [-0.4, -0.2) is 83.3 Å². The number of nitrogens with zero attached hydrogens (tertiary/aromatic N) is 5. The van der Waals surface area contributed by atoms with Crippen LogP contribution in [-0.2, 0) is 11.3 Å². The number of rotatable bonds is 5. The average molecular weight is 489 g/mol. The third-order valence-electron chi connectivity index (χ3n) is 7.62. The summed E-state index contributed by atoms with van der Waals surface area (Å²) in [5.41, 5.74) is 4.51. The fourth-order valence-corrected chi connectivity index (χ4v) is 6.75. The molecule has 4 aromatic rings. The minimum atomic E-state index is 0.747. The van der Waals surface area contributed by atoms with Crippen molar-refractivity contribution in [3.8, 4) is 11.4 Å². The average Bonchev–Trinajstić information content (AvgIpc) is 3.48. The molecule has 1 saturated carbocycles. The number of aromatic amines is 1. The number of hydrogen-bond acceptors (Lipinski definition) is 7. The number of piperazine rings is 1. The van der Waals surface area contributed by atoms with Gasteiger partial charge in [-0.2, -0.15) is 0 Å². The molecule has 2 saturated heterocycles. The quantitative estimate of drug-likeness (QED) is 0.453. The van der Waals surface area contributed by atoms with Crippen LogP contribution >= 0.6 is 11.3 Å². The number of aryl methyl sites for hydroxylation is 1. The number of morpholine rings is 1. The lowest BCUT2D eigenvalue weighted by atomic mass is 10.1. The van der Waals surface area contributed by atoms with Crippen LogP contribution in [0.3, 0.4) is 0 Å². The molecule has 2 aliphatic heterocycles. The standard InChI is InChI=1S/C27H32N6OS/c1-18-14-22(21-4-5-28-23(21)15-18)26-29-24-16-20(17-31-6-8-32(9-7-31)19-2-3-19)35-25(24)27(30-26)33-10-12-34-13-11-33/h4-5,14-16,19,28H,2-3,6-13,17H2,1H3. The van der Waals surface area contributed by atoms with E-state index in [1.54, 1.807) is 0 Å². The highest BCUT2D eigenvalue weighted by molar-refractivity contribution is 7.19. The van der Waals surface area contributed by atoms with Crippen molar-refractivity contribution in [1.82, 2.24) is 24.8 Å². The summed E-state index contributed by atoms with van der Waals surface area (Å²) in [6, 6.07) is 9.72. The second kappa shape index (κ2) is 8.85. The zero-order valence-corrected chi connectivity index (χ0v) is 21.1. The summed E-state index contributed by atoms with van der Waals surface area (Å²) < 4.78 is 6.86. The molecule has 35 heavy (non-hydrogen) atoms. The van der Waals surface area contributed by atoms with E-state index in [0.717, 1.165) is 80.2 Å². The van der Waals surface area contributed by atoms with Crippen LogP contribution in [0.25, 0.3) is 32.5 Å². The first-order valence-corrected chi connectivity index (χ1v) is 13.7. The number of anilines is 1. The molecule has 0 unspecified atom stereocenters. The van der Waals surface area contributed by atoms with Crippen LogP contribution in [0.2, 0.25) is 0 Å². The highest BCUT2D eigenvalue weighted by Gasteiger charge is 2.31. The first-order valence-electron chi connectivity index (χ1n) is 12.9. The van der Waals surface area contributed by atoms with E-state index in [9.17, 15) is 0 Å². The third kappa shape index (κ3) is 4.22. The summed E-state index contributed by atoms with van der Waals surface area (Å²) in [5.74, 6) is 1.88. The molecule has 0 atom stereocenters. The highest BCUT2D eigenvalue weighted by atomic mass is 32.1. The SMILES string of the molecule is Cc1cc(-c2nc(N3CCOCC3)c3sc(CN4CCN(C5CC5)CC4)cc3n2)c2cc[nH]c2c1. The number of thiophene rings is 1. The Morgan fingerprint density at radius 2 is 1.86 bits per heavy atom. The molecular weight excluding hydrogens is 456 g/mol. The fourth-order valence-electron chi connectivity index (χ4n) is 5.60. The molecular formula is C27H32N6OS. The summed E-state index contributed by atoms with van der Waals surface area (Å²) in [5, 5.41) is 1.17. The second-order valence-electron chi connectivity index (χ2n) is 10.2. The molecule has 8 heteroatoms. The van der Waals surface area contributed by atoms with Gasteiger partial charge in [0, 0.05) is 79.4 Å². The van der Waals surface area contributed by atoms with Gasteiger partial charge in [-0.15, -0.1) is 11.3 Å². The van der Waals surface area contributed by atoms with Crippen LogP contribution in [0.4, 0.5) is 5.82 Å². The van der Waals surface area contributed by atoms with Gasteiger partial charge in [0.25, 0.3) is 0 Å². The van der Waals surface area contributed by atoms with Crippen molar-refractivity contribution >= 4 is 38.3 Å². The van der Waals surface area contributed by atoms with E-state index in [4.69, 9.17) is 14.7 Å². The van der Waals surface area contributed by atoms with Crippen molar-refractivity contribution in [3.05, 3.63) is 40.9 Å². The predicted molar refractivity (Wildman–Crippen MR) is 142 cm³/mol. The molecule has 1 N–H and O–H groups in total. The summed E-state index contributed by atoms with van der Waals surface area (Å²) in [6.07, 6.45) is 4.80. The number of nitrogens with one attached hydrogen (secondary N) is 1. The van der Waals surface area contributed by atoms with Crippen LogP contribution < -0.4 is 4.90 Å². The number of H-pyrrole nitrogens is 1. The molecule has 7 nitrogen and oxygen atoms in total. The minimum Gasteiger partial charge on any atom is -0.378 e. The lowest BCUT2D eigenvalue weighted by Gasteiger charge is -2.34. The zero-order valence-electron chi connectivity index (χ0n) is 20.3. The molecule has 182 valence electrons. The Labute approximate surface area is 209 Å². The van der Waals surface area contributed by atoms with Gasteiger partial charge in [-0.3, -0.25) is 9.80 Å². The van der Waals surface area contributed by atoms with Crippen molar-refractivity contribution in [1.29, 1.82) is 0 Å². The molecule has 7 rings (SSSR count). The highest BCUT2D eigenvalue weighted by Crippen LogP contribution is 2.37. The van der Waals surface area contributed by atoms with Crippen LogP contribution in [0.5, 0.6) is 0 Å². The smallest absolute Gasteiger partial charge is 0.162 e. The first kappa shape index (κ1) is 21.7. The number of ether oxygens (including phenoxy) is 1. The monoisotopic (exact) mass is 488 g/mol. The van der Waals surface area contributed by atoms with Crippen LogP contribution in [0, 0.1) is 6.92 Å². The van der Waals surface area contributed by atoms with Crippen molar-refractivity contribution < 1.29 is 4.74 Å². The summed E-state index contributed by atoms with van der Waals surface area (Å²) in [4.78, 5) is 22.7. The Hall–Kier alpha value is -2.52. The van der Waals surface area contributed by atoms with E-state index in [-0.39, 0.29) is 0 Å². The Morgan fingerprint density at radius 3 is 2.66 bits per heavy atom. The van der Waals surface area contributed by atoms with Gasteiger partial charge in [0.15, 0.2) is 11.6 Å². The van der Waals surface area contributed by atoms with Crippen molar-refractivity contribution in [2.24, 2.45) is 0 Å². The summed E-state index contributed by atoms with van der Waals surface area (Å²) >= 11 is 1.87. The molecule has 3 aliphatic rings. The zero-order chi connectivity index (χ0) is 23.4. The van der Waals surface area contributed by atoms with E-state index in [2.05, 4.69) is 50.9 Å². The van der Waals surface area contributed by atoms with Gasteiger partial charge in [-0.25, -0.2) is 9.97 Å². The fraction of sp³-hybridized carbons (Fsp3) is 0.481. The lowest BCUT2D eigenvalue weighted by Crippen LogP contribution is -2.46. The summed E-state index contributed by atoms with van der Waals surface area (Å²) in [7, 11) is 0. The Balaban J connectivity index is 1.26. The minimum absolute atomic E-state index is 0.747. The van der Waals surface area contributed by atoms with Crippen molar-refractivity contribution in [2.75, 3.05) is 57.4 Å². The molecule has 0 spiro atoms. The number of aromatic nitrogens is 3. The topological polar surface area (TPSA) is 60.5 Å². The first-order chi connectivity index (χ1) is 17.2. The largest absolute Gasteiger partial charge is 0.378 e. The van der Waals surface area contributed by atoms with Gasteiger partial charge in [0.1, 0.15) is 0 Å². The number of fused-ring (bicyclic) bond motifs is 2. The lowest BCUT2D eigenvalue weighted by molar-refractivity contribution is 0.122. The maximum absolute atomic E-state index is 5.65. The van der Waals surface area contributed by atoms with Crippen molar-refractivity contribution in [3.63, 3.8) is 0 Å². The molecule has 0 amide bonds. The van der Waals surface area contributed by atoms with E-state index in [1.807, 2.05) is 17.5 Å². The third-order valence-corrected chi connectivity index (χ3v) is 8.72. The van der Waals surface area contributed by atoms with Gasteiger partial charge in [-0.1, -0.05) is 0 Å². The van der Waals surface area contributed by atoms with Crippen LogP contribution in [0.15, 0.2) is 30.5 Å². The predicted octanol–water partition coefficient (Wildman–Crippen LogP) is 4.26. The van der Waals surface area contributed by atoms with E-state index in [1.165, 1.54) is 46.5 Å². The van der Waals surface area contributed by atoms with Gasteiger partial charge in [-0.05, 0) is 49.6 Å². The second-order valence-corrected chi connectivity index (χ2v) is 11.3. The molecule has 0 bridgehead atoms. The van der Waals surface area contributed by atoms with Crippen molar-refractivity contribution in [2.45, 2.75) is 32.4 Å². The number of hydrogen-bond donors (Lipinski definition) is 1. The molecule has 3 aromatic heterocycles. The van der Waals surface area contributed by atoms with E-state index in [0.29, 0.717) is 0 Å². The van der Waals surface area contributed by atoms with E-state index < -0.39 is 0 Å². The van der Waals surface area contributed by atoms with Crippen LogP contribution in [0.1, 0.15) is 23.3 Å².